The number of amides is 1. The molecule has 5 N–H and O–H groups in total. The second-order valence-corrected chi connectivity index (χ2v) is 4.84. The minimum atomic E-state index is -0.524. The first-order chi connectivity index (χ1) is 7.71. The summed E-state index contributed by atoms with van der Waals surface area (Å²) < 4.78 is 13.2. The summed E-state index contributed by atoms with van der Waals surface area (Å²) in [5.41, 5.74) is 11.8. The highest BCUT2D eigenvalue weighted by atomic mass is 19.1. The molecular formula is C12H18FN3O. The molecule has 0 spiro atoms. The van der Waals surface area contributed by atoms with Crippen LogP contribution < -0.4 is 16.8 Å². The smallest absolute Gasteiger partial charge is 0.219 e. The van der Waals surface area contributed by atoms with Crippen molar-refractivity contribution in [3.8, 4) is 0 Å². The number of aryl methyl sites for hydroxylation is 1. The van der Waals surface area contributed by atoms with Crippen molar-refractivity contribution < 1.29 is 9.18 Å². The largest absolute Gasteiger partial charge is 0.397 e. The van der Waals surface area contributed by atoms with Crippen LogP contribution in [0.5, 0.6) is 0 Å². The highest BCUT2D eigenvalue weighted by Gasteiger charge is 2.21. The number of hydrogen-bond donors (Lipinski definition) is 3. The fourth-order valence-electron chi connectivity index (χ4n) is 1.65. The first-order valence-electron chi connectivity index (χ1n) is 5.33. The molecule has 0 aliphatic carbocycles. The van der Waals surface area contributed by atoms with E-state index in [1.807, 2.05) is 13.8 Å². The van der Waals surface area contributed by atoms with Crippen molar-refractivity contribution in [2.45, 2.75) is 32.7 Å². The summed E-state index contributed by atoms with van der Waals surface area (Å²) in [6.07, 6.45) is 0.170. The molecule has 0 aliphatic heterocycles. The average Bonchev–Trinajstić information content (AvgIpc) is 2.11. The number of nitrogens with one attached hydrogen (secondary N) is 1. The van der Waals surface area contributed by atoms with Crippen molar-refractivity contribution in [1.29, 1.82) is 0 Å². The van der Waals surface area contributed by atoms with Gasteiger partial charge in [0.05, 0.1) is 11.4 Å². The fourth-order valence-corrected chi connectivity index (χ4v) is 1.65. The first-order valence-corrected chi connectivity index (χ1v) is 5.33. The maximum Gasteiger partial charge on any atom is 0.219 e. The van der Waals surface area contributed by atoms with Gasteiger partial charge in [-0.15, -0.1) is 0 Å². The van der Waals surface area contributed by atoms with E-state index in [1.165, 1.54) is 6.07 Å². The molecule has 1 aromatic carbocycles. The van der Waals surface area contributed by atoms with Crippen molar-refractivity contribution in [3.05, 3.63) is 23.5 Å². The van der Waals surface area contributed by atoms with Crippen molar-refractivity contribution in [1.82, 2.24) is 0 Å². The van der Waals surface area contributed by atoms with Gasteiger partial charge in [0, 0.05) is 12.0 Å². The molecular weight excluding hydrogens is 221 g/mol. The first kappa shape index (κ1) is 13.3. The minimum Gasteiger partial charge on any atom is -0.397 e. The van der Waals surface area contributed by atoms with E-state index < -0.39 is 11.4 Å². The molecule has 0 fully saturated rings. The molecule has 17 heavy (non-hydrogen) atoms. The Balaban J connectivity index is 2.95. The Bertz CT molecular complexity index is 444. The van der Waals surface area contributed by atoms with Gasteiger partial charge in [-0.05, 0) is 38.5 Å². The third kappa shape index (κ3) is 3.62. The van der Waals surface area contributed by atoms with E-state index in [2.05, 4.69) is 5.32 Å². The van der Waals surface area contributed by atoms with E-state index in [9.17, 15) is 9.18 Å². The summed E-state index contributed by atoms with van der Waals surface area (Å²) in [5, 5.41) is 3.09. The van der Waals surface area contributed by atoms with Gasteiger partial charge < -0.3 is 16.8 Å². The molecule has 1 aromatic rings. The number of carbonyl (C=O) groups excluding carboxylic acids is 1. The Morgan fingerprint density at radius 3 is 2.59 bits per heavy atom. The van der Waals surface area contributed by atoms with Crippen LogP contribution in [-0.4, -0.2) is 11.4 Å². The maximum atomic E-state index is 13.2. The molecule has 1 rings (SSSR count). The number of benzene rings is 1. The summed E-state index contributed by atoms with van der Waals surface area (Å²) >= 11 is 0. The molecule has 94 valence electrons. The summed E-state index contributed by atoms with van der Waals surface area (Å²) in [4.78, 5) is 10.9. The van der Waals surface area contributed by atoms with E-state index in [-0.39, 0.29) is 12.2 Å². The van der Waals surface area contributed by atoms with Crippen molar-refractivity contribution in [3.63, 3.8) is 0 Å². The number of nitrogens with two attached hydrogens (primary N) is 2. The van der Waals surface area contributed by atoms with Gasteiger partial charge in [0.1, 0.15) is 5.82 Å². The van der Waals surface area contributed by atoms with E-state index in [0.717, 1.165) is 0 Å². The van der Waals surface area contributed by atoms with Crippen LogP contribution >= 0.6 is 0 Å². The minimum absolute atomic E-state index is 0.170. The molecule has 5 heteroatoms. The number of halogens is 1. The Morgan fingerprint density at radius 1 is 1.47 bits per heavy atom. The number of anilines is 2. The van der Waals surface area contributed by atoms with Gasteiger partial charge in [-0.25, -0.2) is 4.39 Å². The highest BCUT2D eigenvalue weighted by Crippen LogP contribution is 2.26. The van der Waals surface area contributed by atoms with Gasteiger partial charge >= 0.3 is 0 Å². The van der Waals surface area contributed by atoms with Gasteiger partial charge in [0.15, 0.2) is 0 Å². The summed E-state index contributed by atoms with van der Waals surface area (Å²) in [5.74, 6) is -0.749. The normalized spacial score (nSPS) is 11.3. The molecule has 0 unspecified atom stereocenters. The lowest BCUT2D eigenvalue weighted by Gasteiger charge is -2.27. The number of rotatable bonds is 4. The fraction of sp³-hybridized carbons (Fsp3) is 0.417. The second kappa shape index (κ2) is 4.61. The molecule has 0 bridgehead atoms. The number of nitrogen functional groups attached to an aromatic ring is 1. The van der Waals surface area contributed by atoms with Crippen LogP contribution in [0.2, 0.25) is 0 Å². The Morgan fingerprint density at radius 2 is 2.06 bits per heavy atom. The quantitative estimate of drug-likeness (QED) is 0.700. The summed E-state index contributed by atoms with van der Waals surface area (Å²) in [6, 6.07) is 2.88. The van der Waals surface area contributed by atoms with Crippen LogP contribution in [-0.2, 0) is 4.79 Å². The molecule has 0 heterocycles. The zero-order valence-corrected chi connectivity index (χ0v) is 10.3. The predicted octanol–water partition coefficient (Wildman–Crippen LogP) is 1.78. The average molecular weight is 239 g/mol. The summed E-state index contributed by atoms with van der Waals surface area (Å²) in [6.45, 7) is 5.31. The molecule has 0 saturated heterocycles. The van der Waals surface area contributed by atoms with Crippen LogP contribution in [0, 0.1) is 12.7 Å². The Labute approximate surface area is 100 Å². The van der Waals surface area contributed by atoms with Crippen LogP contribution in [0.3, 0.4) is 0 Å². The van der Waals surface area contributed by atoms with E-state index in [0.29, 0.717) is 16.9 Å². The number of carbonyl (C=O) groups is 1. The SMILES string of the molecule is Cc1cc(NC(C)(C)CC(N)=O)c(N)cc1F. The standard InChI is InChI=1S/C12H18FN3O/c1-7-4-10(9(14)5-8(7)13)16-12(2,3)6-11(15)17/h4-5,16H,6,14H2,1-3H3,(H2,15,17). The van der Waals surface area contributed by atoms with Crippen molar-refractivity contribution >= 4 is 17.3 Å². The van der Waals surface area contributed by atoms with Crippen molar-refractivity contribution in [2.75, 3.05) is 11.1 Å². The predicted molar refractivity (Wildman–Crippen MR) is 67.1 cm³/mol. The summed E-state index contributed by atoms with van der Waals surface area (Å²) in [7, 11) is 0. The van der Waals surface area contributed by atoms with Crippen LogP contribution in [0.25, 0.3) is 0 Å². The second-order valence-electron chi connectivity index (χ2n) is 4.84. The lowest BCUT2D eigenvalue weighted by molar-refractivity contribution is -0.118. The van der Waals surface area contributed by atoms with Gasteiger partial charge in [-0.1, -0.05) is 0 Å². The van der Waals surface area contributed by atoms with Crippen LogP contribution in [0.1, 0.15) is 25.8 Å². The molecule has 0 radical (unpaired) electrons. The maximum absolute atomic E-state index is 13.2. The van der Waals surface area contributed by atoms with Gasteiger partial charge in [-0.3, -0.25) is 4.79 Å². The third-order valence-corrected chi connectivity index (χ3v) is 2.42. The lowest BCUT2D eigenvalue weighted by atomic mass is 9.99. The van der Waals surface area contributed by atoms with E-state index in [4.69, 9.17) is 11.5 Å². The third-order valence-electron chi connectivity index (χ3n) is 2.42. The molecule has 0 aliphatic rings. The van der Waals surface area contributed by atoms with Crippen LogP contribution in [0.15, 0.2) is 12.1 Å². The molecule has 0 atom stereocenters. The lowest BCUT2D eigenvalue weighted by Crippen LogP contribution is -2.36. The Kier molecular flexibility index (Phi) is 3.60. The molecule has 0 aromatic heterocycles. The van der Waals surface area contributed by atoms with Crippen LogP contribution in [0.4, 0.5) is 15.8 Å². The molecule has 1 amide bonds. The zero-order chi connectivity index (χ0) is 13.2. The number of primary amides is 1. The van der Waals surface area contributed by atoms with Gasteiger partial charge in [0.2, 0.25) is 5.91 Å². The zero-order valence-electron chi connectivity index (χ0n) is 10.3. The van der Waals surface area contributed by atoms with E-state index in [1.54, 1.807) is 13.0 Å². The topological polar surface area (TPSA) is 81.1 Å². The number of hydrogen-bond acceptors (Lipinski definition) is 3. The van der Waals surface area contributed by atoms with Crippen molar-refractivity contribution in [2.24, 2.45) is 5.73 Å². The van der Waals surface area contributed by atoms with Gasteiger partial charge in [0.25, 0.3) is 0 Å². The molecule has 4 nitrogen and oxygen atoms in total. The Hall–Kier alpha value is -1.78. The highest BCUT2D eigenvalue weighted by molar-refractivity contribution is 5.76. The molecule has 0 saturated carbocycles. The van der Waals surface area contributed by atoms with E-state index >= 15 is 0 Å². The monoisotopic (exact) mass is 239 g/mol. The van der Waals surface area contributed by atoms with Gasteiger partial charge in [-0.2, -0.15) is 0 Å².